The molecular weight excluding hydrogens is 1550 g/mol. The number of methoxy groups -OCH3 is 5. The third-order valence-electron chi connectivity index (χ3n) is 18.5. The van der Waals surface area contributed by atoms with Gasteiger partial charge in [-0.3, -0.25) is 34.1 Å². The highest BCUT2D eigenvalue weighted by atomic mass is 127. The summed E-state index contributed by atoms with van der Waals surface area (Å²) >= 11 is 2.83. The van der Waals surface area contributed by atoms with Gasteiger partial charge in [-0.05, 0) is 124 Å². The third kappa shape index (κ3) is 20.0. The Bertz CT molecular complexity index is 3660. The summed E-state index contributed by atoms with van der Waals surface area (Å²) in [5, 5.41) is 56.3. The number of allylic oxidation sites excluding steroid dienone is 2. The van der Waals surface area contributed by atoms with Crippen LogP contribution in [0.2, 0.25) is 0 Å². The smallest absolute Gasteiger partial charge is 0.411 e. The van der Waals surface area contributed by atoms with Gasteiger partial charge in [0.25, 0.3) is 0 Å². The number of epoxide rings is 1. The highest BCUT2D eigenvalue weighted by Crippen LogP contribution is 2.50. The van der Waals surface area contributed by atoms with Crippen molar-refractivity contribution in [3.05, 3.63) is 79.6 Å². The summed E-state index contributed by atoms with van der Waals surface area (Å²) in [5.41, 5.74) is 5.14. The lowest BCUT2D eigenvalue weighted by molar-refractivity contribution is -0.337. The summed E-state index contributed by atoms with van der Waals surface area (Å²) in [6.07, 6.45) is -13.6. The van der Waals surface area contributed by atoms with Crippen molar-refractivity contribution in [2.75, 3.05) is 68.1 Å². The first-order chi connectivity index (χ1) is 50.0. The van der Waals surface area contributed by atoms with Crippen molar-refractivity contribution in [3.63, 3.8) is 0 Å². The zero-order valence-corrected chi connectivity index (χ0v) is 65.3. The molecule has 0 spiro atoms. The van der Waals surface area contributed by atoms with E-state index in [0.717, 1.165) is 24.4 Å². The number of halogens is 1. The monoisotopic (exact) mass is 1640 g/mol. The fourth-order valence-corrected chi connectivity index (χ4v) is 17.1. The molecule has 4 amide bonds. The summed E-state index contributed by atoms with van der Waals surface area (Å²) in [4.78, 5) is 87.6. The molecule has 2 bridgehead atoms. The van der Waals surface area contributed by atoms with Gasteiger partial charge in [0, 0.05) is 76.5 Å². The van der Waals surface area contributed by atoms with Crippen LogP contribution in [0.4, 0.5) is 4.79 Å². The topological polar surface area (TPSA) is 389 Å². The second-order valence-corrected chi connectivity index (χ2v) is 31.4. The standard InChI is InChI=1S/C70H93IN6O25S3/c1-15-77(37(6)78)41-32-94-48(29-45(41)88-10)98-60-55(83)53(76-102-49-28-42(79)63(36(5)95-49)104-64(85)50-33(2)52(71)58(61(91-13)57(50)89-11)99-65-56(84)59(90-12)62-67(100-62)101-65)35(4)96-66(60)97-44-18-16-17-25-70(87)30-43(80)54(73-68(86)92-14)51(44)40(70)24-27-103-105-69(7,8)31-47(82)75-74-34(3)38-19-21-39(22-20-38)93-26-23-46(81)72-9/h17,19-22,24-25,35-36,41-42,44-45,48-49,53,55-56,59-60,62-63,65-67,76,79,83-84,87H,15,23,26-32H2,1-14H3,(H,72,81)(H,73,86)(H,75,82)/b25-17-,40-24+,74-34?/t35?,36?,41?,42?,44-,45?,48?,49?,53?,55?,56?,59?,60-,62?,63?,65?,66?,67?,70-/m0/s1. The van der Waals surface area contributed by atoms with Crippen molar-refractivity contribution < 1.29 is 120 Å². The number of hydroxylamine groups is 1. The minimum Gasteiger partial charge on any atom is -0.493 e. The Morgan fingerprint density at radius 1 is 0.895 bits per heavy atom. The first-order valence-electron chi connectivity index (χ1n) is 34.0. The Balaban J connectivity index is 0.911. The van der Waals surface area contributed by atoms with Gasteiger partial charge in [-0.15, -0.1) is 0 Å². The van der Waals surface area contributed by atoms with Crippen LogP contribution < -0.4 is 40.5 Å². The number of ketones is 1. The lowest BCUT2D eigenvalue weighted by atomic mass is 9.74. The molecule has 2 aromatic carbocycles. The van der Waals surface area contributed by atoms with E-state index >= 15 is 0 Å². The number of carbonyl (C=O) groups excluding carboxylic acids is 6. The second-order valence-electron chi connectivity index (χ2n) is 26.2. The summed E-state index contributed by atoms with van der Waals surface area (Å²) in [6.45, 7) is 14.3. The molecule has 578 valence electrons. The number of hydrogen-bond acceptors (Lipinski definition) is 30. The number of likely N-dealkylation sites (N-methyl/N-ethyl adjacent to an activating group) is 1. The third-order valence-corrected chi connectivity index (χ3v) is 24.3. The van der Waals surface area contributed by atoms with Crippen molar-refractivity contribution in [2.45, 2.75) is 208 Å². The van der Waals surface area contributed by atoms with Crippen molar-refractivity contribution in [3.8, 4) is 34.8 Å². The Labute approximate surface area is 634 Å². The number of Topliss-reactive ketones (excluding diaryl/α,β-unsaturated/α-hetero) is 1. The van der Waals surface area contributed by atoms with E-state index in [-0.39, 0.29) is 102 Å². The lowest BCUT2D eigenvalue weighted by Crippen LogP contribution is -2.65. The summed E-state index contributed by atoms with van der Waals surface area (Å²) < 4.78 is 83.7. The maximum Gasteiger partial charge on any atom is 0.411 e. The fourth-order valence-electron chi connectivity index (χ4n) is 13.0. The fraction of sp³-hybridized carbons (Fsp3) is 0.614. The number of alkyl carbamates (subject to hydrolysis) is 1. The molecular formula is C70H93IN6O25S3. The van der Waals surface area contributed by atoms with Crippen LogP contribution in [0.15, 0.2) is 64.4 Å². The number of nitrogens with zero attached hydrogens (tertiary/aromatic N) is 2. The summed E-state index contributed by atoms with van der Waals surface area (Å²) in [5.74, 6) is 5.44. The molecule has 16 unspecified atom stereocenters. The van der Waals surface area contributed by atoms with Gasteiger partial charge in [0.2, 0.25) is 34.9 Å². The van der Waals surface area contributed by atoms with Gasteiger partial charge in [-0.1, -0.05) is 51.3 Å². The number of nitrogens with one attached hydrogen (secondary N) is 4. The molecule has 5 fully saturated rings. The normalized spacial score (nSPS) is 31.6. The molecule has 0 aromatic heterocycles. The van der Waals surface area contributed by atoms with Crippen molar-refractivity contribution >= 4 is 96.4 Å². The Morgan fingerprint density at radius 2 is 1.63 bits per heavy atom. The molecule has 2 aromatic rings. The number of carbonyl (C=O) groups is 6. The number of hydrazone groups is 1. The number of benzene rings is 2. The van der Waals surface area contributed by atoms with E-state index in [9.17, 15) is 49.2 Å². The number of fused-ring (bicyclic) bond motifs is 3. The van der Waals surface area contributed by atoms with Crippen LogP contribution in [0.1, 0.15) is 102 Å². The molecule has 35 heteroatoms. The molecule has 2 aliphatic carbocycles. The lowest BCUT2D eigenvalue weighted by Gasteiger charge is -2.47. The van der Waals surface area contributed by atoms with Gasteiger partial charge in [0.1, 0.15) is 48.0 Å². The molecule has 31 nitrogen and oxygen atoms in total. The largest absolute Gasteiger partial charge is 0.493 e. The zero-order valence-electron chi connectivity index (χ0n) is 60.7. The maximum absolute atomic E-state index is 14.5. The molecule has 105 heavy (non-hydrogen) atoms. The number of ether oxygens (including phenoxy) is 14. The van der Waals surface area contributed by atoms with E-state index in [1.807, 2.05) is 43.4 Å². The minimum absolute atomic E-state index is 0.0311. The molecule has 7 aliphatic rings. The molecule has 9 rings (SSSR count). The first-order valence-corrected chi connectivity index (χ1v) is 38.3. The van der Waals surface area contributed by atoms with Crippen molar-refractivity contribution in [1.29, 1.82) is 0 Å². The van der Waals surface area contributed by atoms with E-state index < -0.39 is 144 Å². The second kappa shape index (κ2) is 37.1. The number of rotatable bonds is 30. The number of thioether (sulfide) groups is 1. The van der Waals surface area contributed by atoms with Crippen LogP contribution in [-0.2, 0) is 71.4 Å². The van der Waals surface area contributed by atoms with Crippen LogP contribution in [0.25, 0.3) is 0 Å². The van der Waals surface area contributed by atoms with Crippen LogP contribution >= 0.6 is 55.9 Å². The highest BCUT2D eigenvalue weighted by Gasteiger charge is 2.59. The van der Waals surface area contributed by atoms with E-state index in [0.29, 0.717) is 27.1 Å². The highest BCUT2D eigenvalue weighted by molar-refractivity contribution is 14.1. The van der Waals surface area contributed by atoms with Gasteiger partial charge in [0.15, 0.2) is 42.4 Å². The van der Waals surface area contributed by atoms with Crippen LogP contribution in [0, 0.1) is 22.3 Å². The molecule has 5 saturated heterocycles. The van der Waals surface area contributed by atoms with Gasteiger partial charge in [0.05, 0.1) is 103 Å². The molecule has 5 heterocycles. The zero-order chi connectivity index (χ0) is 76.4. The van der Waals surface area contributed by atoms with Crippen molar-refractivity contribution in [1.82, 2.24) is 26.4 Å². The van der Waals surface area contributed by atoms with E-state index in [4.69, 9.17) is 71.2 Å². The van der Waals surface area contributed by atoms with Crippen LogP contribution in [0.5, 0.6) is 23.0 Å². The van der Waals surface area contributed by atoms with Gasteiger partial charge in [-0.2, -0.15) is 10.6 Å². The maximum atomic E-state index is 14.5. The number of amides is 4. The molecule has 0 radical (unpaired) electrons. The van der Waals surface area contributed by atoms with Crippen LogP contribution in [0.3, 0.4) is 0 Å². The Kier molecular flexibility index (Phi) is 29.5. The quantitative estimate of drug-likeness (QED) is 0.0102. The summed E-state index contributed by atoms with van der Waals surface area (Å²) in [7, 11) is 11.1. The van der Waals surface area contributed by atoms with E-state index in [2.05, 4.69) is 38.5 Å². The van der Waals surface area contributed by atoms with Crippen LogP contribution in [-0.4, -0.2) is 254 Å². The molecule has 0 saturated carbocycles. The Hall–Kier alpha value is -5.71. The predicted octanol–water partition coefficient (Wildman–Crippen LogP) is 4.37. The number of aliphatic hydroxyl groups is 4. The van der Waals surface area contributed by atoms with Crippen molar-refractivity contribution in [2.24, 2.45) is 5.10 Å². The van der Waals surface area contributed by atoms with Gasteiger partial charge in [-0.25, -0.2) is 10.2 Å². The van der Waals surface area contributed by atoms with E-state index in [1.54, 1.807) is 70.0 Å². The number of aliphatic hydroxyl groups excluding tert-OH is 3. The molecule has 5 aliphatic heterocycles. The summed E-state index contributed by atoms with van der Waals surface area (Å²) in [6, 6.07) is 5.39. The van der Waals surface area contributed by atoms with Gasteiger partial charge >= 0.3 is 6.09 Å². The minimum atomic E-state index is -2.01. The Morgan fingerprint density at radius 3 is 2.29 bits per heavy atom. The predicted molar refractivity (Wildman–Crippen MR) is 391 cm³/mol. The number of hydrogen-bond donors (Lipinski definition) is 8. The SMILES string of the molecule is CCN(C(C)=O)C1COC(O[C@@H]2C(O[C@H]3C#C/C=C\[C@]4(O)CC(=O)C(NC(=O)OC)=C3/C4=C\CSSC(C)(C)CC(=O)NN=C(C)c3ccc(OCCC(=O)NC)cc3)OC(C)C(NOC3CC(O)C(SC(=O)c4c(C)c(I)c(OC5OC6OC6C(OC)C5O)c(OC)c4OC)C(C)O3)C2O)CC1OC. The average Bonchev–Trinajstić information content (AvgIpc) is 1.60. The molecule has 8 N–H and O–H groups in total. The van der Waals surface area contributed by atoms with Gasteiger partial charge < -0.3 is 97.0 Å². The first kappa shape index (κ1) is 83.3. The average molecular weight is 1640 g/mol. The molecule has 19 atom stereocenters. The van der Waals surface area contributed by atoms with E-state index in [1.165, 1.54) is 69.1 Å².